The van der Waals surface area contributed by atoms with Crippen molar-refractivity contribution in [3.63, 3.8) is 0 Å². The summed E-state index contributed by atoms with van der Waals surface area (Å²) in [5.74, 6) is 0.541. The van der Waals surface area contributed by atoms with Crippen LogP contribution in [-0.2, 0) is 23.7 Å². The number of pyridine rings is 1. The number of carbonyl (C=O) groups excluding carboxylic acids is 2. The van der Waals surface area contributed by atoms with Crippen molar-refractivity contribution in [2.75, 3.05) is 29.1 Å². The Kier molecular flexibility index (Phi) is 12.6. The molecule has 0 atom stereocenters. The number of amides is 2. The number of nitrogens with zero attached hydrogens (tertiary/aromatic N) is 2. The number of nitrogens with one attached hydrogen (secondary N) is 2. The molecule has 0 bridgehead atoms. The third-order valence-electron chi connectivity index (χ3n) is 8.81. The molecule has 10 heteroatoms. The minimum Gasteiger partial charge on any atom is -0.489 e. The van der Waals surface area contributed by atoms with Crippen LogP contribution in [0.3, 0.4) is 0 Å². The van der Waals surface area contributed by atoms with E-state index in [2.05, 4.69) is 20.5 Å². The highest BCUT2D eigenvalue weighted by Gasteiger charge is 2.18. The van der Waals surface area contributed by atoms with Crippen LogP contribution >= 0.6 is 11.8 Å². The Morgan fingerprint density at radius 3 is 2.33 bits per heavy atom. The smallest absolute Gasteiger partial charge is 0.304 e. The highest BCUT2D eigenvalue weighted by molar-refractivity contribution is 7.98. The van der Waals surface area contributed by atoms with Gasteiger partial charge in [0.25, 0.3) is 11.8 Å². The fraction of sp³-hybridized carbons (Fsp3) is 0.238. The predicted octanol–water partition coefficient (Wildman–Crippen LogP) is 8.21. The lowest BCUT2D eigenvalue weighted by atomic mass is 10.0. The molecule has 5 aromatic rings. The molecule has 1 aromatic heterocycles. The summed E-state index contributed by atoms with van der Waals surface area (Å²) in [4.78, 5) is 44.8. The number of anilines is 2. The lowest BCUT2D eigenvalue weighted by Crippen LogP contribution is -2.29. The molecular formula is C42H42N4O5S. The molecular weight excluding hydrogens is 673 g/mol. The molecule has 0 radical (unpaired) electrons. The van der Waals surface area contributed by atoms with Crippen LogP contribution in [0.4, 0.5) is 11.4 Å². The van der Waals surface area contributed by atoms with E-state index < -0.39 is 5.97 Å². The second-order valence-electron chi connectivity index (χ2n) is 12.7. The molecule has 4 aromatic carbocycles. The van der Waals surface area contributed by atoms with Crippen LogP contribution in [-0.4, -0.2) is 46.7 Å². The summed E-state index contributed by atoms with van der Waals surface area (Å²) in [5, 5.41) is 15.0. The van der Waals surface area contributed by atoms with E-state index in [-0.39, 0.29) is 18.2 Å². The van der Waals surface area contributed by atoms with E-state index in [9.17, 15) is 14.4 Å². The molecule has 1 saturated heterocycles. The number of carboxylic acid groups (broad SMARTS) is 1. The Labute approximate surface area is 308 Å². The van der Waals surface area contributed by atoms with Crippen molar-refractivity contribution in [2.45, 2.75) is 44.6 Å². The molecule has 0 unspecified atom stereocenters. The van der Waals surface area contributed by atoms with Crippen molar-refractivity contribution in [1.82, 2.24) is 10.3 Å². The second-order valence-corrected chi connectivity index (χ2v) is 13.8. The largest absolute Gasteiger partial charge is 0.489 e. The number of benzene rings is 4. The monoisotopic (exact) mass is 714 g/mol. The Hall–Kier alpha value is -5.61. The van der Waals surface area contributed by atoms with Gasteiger partial charge in [-0.2, -0.15) is 11.8 Å². The number of thioether (sulfide) groups is 1. The zero-order valence-electron chi connectivity index (χ0n) is 28.9. The van der Waals surface area contributed by atoms with Crippen LogP contribution in [0.1, 0.15) is 63.1 Å². The maximum Gasteiger partial charge on any atom is 0.304 e. The Bertz CT molecular complexity index is 1980. The number of piperidine rings is 1. The summed E-state index contributed by atoms with van der Waals surface area (Å²) in [6.45, 7) is 2.74. The lowest BCUT2D eigenvalue weighted by Gasteiger charge is -2.29. The van der Waals surface area contributed by atoms with E-state index in [4.69, 9.17) is 9.84 Å². The van der Waals surface area contributed by atoms with E-state index in [0.717, 1.165) is 59.6 Å². The molecule has 266 valence electrons. The quantitative estimate of drug-likeness (QED) is 0.0929. The average molecular weight is 715 g/mol. The topological polar surface area (TPSA) is 121 Å². The highest BCUT2D eigenvalue weighted by atomic mass is 32.2. The van der Waals surface area contributed by atoms with Gasteiger partial charge in [-0.25, -0.2) is 0 Å². The summed E-state index contributed by atoms with van der Waals surface area (Å²) in [7, 11) is 0. The van der Waals surface area contributed by atoms with Crippen molar-refractivity contribution in [2.24, 2.45) is 0 Å². The van der Waals surface area contributed by atoms with Crippen LogP contribution in [0, 0.1) is 0 Å². The minimum atomic E-state index is -0.824. The Morgan fingerprint density at radius 2 is 1.54 bits per heavy atom. The SMILES string of the molecule is O=C(O)CCSCc1cccc(C(=O)Nc2ccc(N3CCCCC3)cc2-c2cc(C(=O)NCc3ccc(OCc4ccccc4)cc3)ccn2)c1. The van der Waals surface area contributed by atoms with Gasteiger partial charge in [-0.3, -0.25) is 19.4 Å². The third kappa shape index (κ3) is 10.2. The van der Waals surface area contributed by atoms with Gasteiger partial charge in [0.15, 0.2) is 0 Å². The fourth-order valence-electron chi connectivity index (χ4n) is 6.00. The predicted molar refractivity (Wildman–Crippen MR) is 207 cm³/mol. The summed E-state index contributed by atoms with van der Waals surface area (Å²) >= 11 is 1.52. The van der Waals surface area contributed by atoms with Crippen LogP contribution in [0.15, 0.2) is 115 Å². The minimum absolute atomic E-state index is 0.0947. The third-order valence-corrected chi connectivity index (χ3v) is 9.84. The molecule has 0 aliphatic carbocycles. The lowest BCUT2D eigenvalue weighted by molar-refractivity contribution is -0.136. The molecule has 2 heterocycles. The van der Waals surface area contributed by atoms with Crippen LogP contribution in [0.5, 0.6) is 5.75 Å². The molecule has 1 fully saturated rings. The van der Waals surface area contributed by atoms with Crippen molar-refractivity contribution < 1.29 is 24.2 Å². The second kappa shape index (κ2) is 18.1. The van der Waals surface area contributed by atoms with Gasteiger partial charge in [0.05, 0.1) is 17.8 Å². The van der Waals surface area contributed by atoms with Gasteiger partial charge < -0.3 is 25.4 Å². The van der Waals surface area contributed by atoms with Crippen molar-refractivity contribution in [3.8, 4) is 17.0 Å². The summed E-state index contributed by atoms with van der Waals surface area (Å²) in [6, 6.07) is 34.4. The fourth-order valence-corrected chi connectivity index (χ4v) is 6.87. The molecule has 6 rings (SSSR count). The molecule has 3 N–H and O–H groups in total. The number of rotatable bonds is 15. The number of aliphatic carboxylic acids is 1. The Balaban J connectivity index is 1.15. The van der Waals surface area contributed by atoms with E-state index in [1.165, 1.54) is 18.2 Å². The Morgan fingerprint density at radius 1 is 0.769 bits per heavy atom. The summed E-state index contributed by atoms with van der Waals surface area (Å²) in [6.07, 6.45) is 5.16. The van der Waals surface area contributed by atoms with Crippen molar-refractivity contribution in [3.05, 3.63) is 143 Å². The van der Waals surface area contributed by atoms with Crippen molar-refractivity contribution >= 4 is 40.9 Å². The van der Waals surface area contributed by atoms with E-state index >= 15 is 0 Å². The number of hydrogen-bond acceptors (Lipinski definition) is 7. The molecule has 1 aliphatic heterocycles. The molecule has 2 amide bonds. The molecule has 0 spiro atoms. The first-order valence-corrected chi connectivity index (χ1v) is 18.7. The summed E-state index contributed by atoms with van der Waals surface area (Å²) < 4.78 is 5.89. The number of carboxylic acids is 1. The normalized spacial score (nSPS) is 12.6. The zero-order chi connectivity index (χ0) is 36.1. The first kappa shape index (κ1) is 36.2. The maximum absolute atomic E-state index is 13.6. The van der Waals surface area contributed by atoms with Gasteiger partial charge >= 0.3 is 5.97 Å². The van der Waals surface area contributed by atoms with Crippen LogP contribution < -0.4 is 20.3 Å². The number of aromatic nitrogens is 1. The maximum atomic E-state index is 13.6. The molecule has 1 aliphatic rings. The van der Waals surface area contributed by atoms with Gasteiger partial charge in [0.2, 0.25) is 0 Å². The standard InChI is InChI=1S/C42H42N4O5S/c47-40(48)19-23-52-29-32-10-7-11-33(24-32)42(50)45-38-17-14-35(46-21-5-2-6-22-46)26-37(38)39-25-34(18-20-43-39)41(49)44-27-30-12-15-36(16-13-30)51-28-31-8-3-1-4-9-31/h1,3-4,7-18,20,24-26H,2,5-6,19,21-23,27-29H2,(H,44,49)(H,45,50)(H,47,48). The van der Waals surface area contributed by atoms with Crippen molar-refractivity contribution in [1.29, 1.82) is 0 Å². The van der Waals surface area contributed by atoms with Gasteiger partial charge in [-0.1, -0.05) is 54.6 Å². The van der Waals surface area contributed by atoms with Gasteiger partial charge in [0, 0.05) is 59.7 Å². The number of carbonyl (C=O) groups is 3. The average Bonchev–Trinajstić information content (AvgIpc) is 3.19. The van der Waals surface area contributed by atoms with Crippen LogP contribution in [0.2, 0.25) is 0 Å². The van der Waals surface area contributed by atoms with E-state index in [0.29, 0.717) is 47.2 Å². The van der Waals surface area contributed by atoms with Gasteiger partial charge in [-0.15, -0.1) is 0 Å². The van der Waals surface area contributed by atoms with E-state index in [1.807, 2.05) is 91.0 Å². The number of hydrogen-bond donors (Lipinski definition) is 3. The van der Waals surface area contributed by atoms with E-state index in [1.54, 1.807) is 24.4 Å². The van der Waals surface area contributed by atoms with Gasteiger partial charge in [-0.05, 0) is 90.6 Å². The first-order valence-electron chi connectivity index (χ1n) is 17.5. The highest BCUT2D eigenvalue weighted by Crippen LogP contribution is 2.33. The molecule has 9 nitrogen and oxygen atoms in total. The zero-order valence-corrected chi connectivity index (χ0v) is 29.7. The van der Waals surface area contributed by atoms with Gasteiger partial charge in [0.1, 0.15) is 12.4 Å². The number of ether oxygens (including phenoxy) is 1. The summed E-state index contributed by atoms with van der Waals surface area (Å²) in [5.41, 5.74) is 6.86. The molecule has 0 saturated carbocycles. The van der Waals surface area contributed by atoms with Crippen LogP contribution in [0.25, 0.3) is 11.3 Å². The first-order chi connectivity index (χ1) is 25.4. The molecule has 52 heavy (non-hydrogen) atoms.